The van der Waals surface area contributed by atoms with E-state index in [9.17, 15) is 9.90 Å². The molecule has 3 heterocycles. The van der Waals surface area contributed by atoms with Gasteiger partial charge >= 0.3 is 5.97 Å². The molecule has 1 saturated heterocycles. The molecule has 0 spiro atoms. The Balaban J connectivity index is 1.38. The average molecular weight is 370 g/mol. The zero-order chi connectivity index (χ0) is 18.4. The molecule has 1 N–H and O–H groups in total. The van der Waals surface area contributed by atoms with E-state index >= 15 is 0 Å². The molecule has 140 valence electrons. The molecular weight excluding hydrogens is 352 g/mol. The van der Waals surface area contributed by atoms with Crippen molar-refractivity contribution >= 4 is 5.97 Å². The van der Waals surface area contributed by atoms with Gasteiger partial charge in [0.1, 0.15) is 0 Å². The Bertz CT molecular complexity index is 909. The predicted octanol–water partition coefficient (Wildman–Crippen LogP) is 1.83. The van der Waals surface area contributed by atoms with Crippen molar-refractivity contribution in [3.63, 3.8) is 0 Å². The number of ether oxygens (including phenoxy) is 5. The van der Waals surface area contributed by atoms with Gasteiger partial charge in [-0.3, -0.25) is 0 Å². The molecule has 3 aliphatic heterocycles. The molecule has 0 saturated carbocycles. The topological polar surface area (TPSA) is 83.5 Å². The quantitative estimate of drug-likeness (QED) is 0.822. The highest BCUT2D eigenvalue weighted by atomic mass is 16.7. The monoisotopic (exact) mass is 370 g/mol. The van der Waals surface area contributed by atoms with Crippen LogP contribution in [0, 0.1) is 5.92 Å². The fraction of sp³-hybridized carbons (Fsp3) is 0.350. The number of fused-ring (bicyclic) bond motifs is 2. The molecule has 2 aromatic carbocycles. The van der Waals surface area contributed by atoms with Gasteiger partial charge in [0, 0.05) is 12.3 Å². The maximum absolute atomic E-state index is 12.3. The van der Waals surface area contributed by atoms with Crippen LogP contribution in [0.25, 0.3) is 0 Å². The number of hydrogen-bond donors (Lipinski definition) is 1. The molecule has 7 heteroatoms. The smallest absolute Gasteiger partial charge is 0.338 e. The molecule has 0 unspecified atom stereocenters. The highest BCUT2D eigenvalue weighted by molar-refractivity contribution is 5.82. The van der Waals surface area contributed by atoms with Crippen molar-refractivity contribution in [2.45, 2.75) is 18.4 Å². The van der Waals surface area contributed by atoms with Crippen LogP contribution in [0.2, 0.25) is 0 Å². The first-order valence-corrected chi connectivity index (χ1v) is 8.78. The summed E-state index contributed by atoms with van der Waals surface area (Å²) in [6.07, 6.45) is 0.640. The fourth-order valence-electron chi connectivity index (χ4n) is 3.76. The summed E-state index contributed by atoms with van der Waals surface area (Å²) in [5, 5.41) is 11.2. The molecule has 2 atom stereocenters. The summed E-state index contributed by atoms with van der Waals surface area (Å²) in [5.41, 5.74) is 0.146. The number of cyclic esters (lactones) is 1. The van der Waals surface area contributed by atoms with Gasteiger partial charge in [0.05, 0.1) is 6.61 Å². The van der Waals surface area contributed by atoms with Crippen molar-refractivity contribution in [1.29, 1.82) is 0 Å². The molecule has 0 aliphatic carbocycles. The first-order valence-electron chi connectivity index (χ1n) is 8.78. The van der Waals surface area contributed by atoms with Crippen LogP contribution in [-0.4, -0.2) is 36.9 Å². The normalized spacial score (nSPS) is 24.9. The van der Waals surface area contributed by atoms with Gasteiger partial charge in [0.25, 0.3) is 0 Å². The first-order chi connectivity index (χ1) is 13.1. The van der Waals surface area contributed by atoms with Crippen LogP contribution < -0.4 is 18.9 Å². The van der Waals surface area contributed by atoms with Crippen LogP contribution in [0.5, 0.6) is 23.0 Å². The minimum atomic E-state index is -1.59. The molecule has 7 nitrogen and oxygen atoms in total. The van der Waals surface area contributed by atoms with Crippen LogP contribution in [0.15, 0.2) is 36.4 Å². The third kappa shape index (κ3) is 2.75. The van der Waals surface area contributed by atoms with E-state index in [0.717, 1.165) is 11.1 Å². The van der Waals surface area contributed by atoms with E-state index < -0.39 is 11.6 Å². The van der Waals surface area contributed by atoms with Gasteiger partial charge in [-0.15, -0.1) is 0 Å². The number of benzene rings is 2. The lowest BCUT2D eigenvalue weighted by Crippen LogP contribution is -2.44. The highest BCUT2D eigenvalue weighted by Crippen LogP contribution is 2.39. The summed E-state index contributed by atoms with van der Waals surface area (Å²) in [4.78, 5) is 12.3. The van der Waals surface area contributed by atoms with Gasteiger partial charge in [-0.05, 0) is 41.8 Å². The summed E-state index contributed by atoms with van der Waals surface area (Å²) < 4.78 is 26.6. The predicted molar refractivity (Wildman–Crippen MR) is 91.9 cm³/mol. The lowest BCUT2D eigenvalue weighted by Gasteiger charge is -2.25. The van der Waals surface area contributed by atoms with Gasteiger partial charge in [0.2, 0.25) is 13.6 Å². The van der Waals surface area contributed by atoms with Crippen LogP contribution in [0.3, 0.4) is 0 Å². The van der Waals surface area contributed by atoms with E-state index in [-0.39, 0.29) is 32.5 Å². The zero-order valence-corrected chi connectivity index (χ0v) is 14.5. The van der Waals surface area contributed by atoms with Crippen LogP contribution >= 0.6 is 0 Å². The Hall–Kier alpha value is -2.93. The number of hydrogen-bond acceptors (Lipinski definition) is 7. The fourth-order valence-corrected chi connectivity index (χ4v) is 3.76. The summed E-state index contributed by atoms with van der Waals surface area (Å²) in [6, 6.07) is 11.0. The third-order valence-corrected chi connectivity index (χ3v) is 5.27. The zero-order valence-electron chi connectivity index (χ0n) is 14.5. The first kappa shape index (κ1) is 16.3. The molecular formula is C20H18O7. The summed E-state index contributed by atoms with van der Waals surface area (Å²) in [6.45, 7) is 0.560. The van der Waals surface area contributed by atoms with E-state index in [0.29, 0.717) is 29.4 Å². The van der Waals surface area contributed by atoms with Gasteiger partial charge < -0.3 is 28.8 Å². The standard InChI is InChI=1S/C20H18O7/c21-19-20(22,8-13-2-4-16-18(7-13)27-11-25-16)14(9-23-19)5-12-1-3-15-17(6-12)26-10-24-15/h1-4,6-7,14,22H,5,8-11H2/t14-,20-/m1/s1. The largest absolute Gasteiger partial charge is 0.463 e. The second-order valence-corrected chi connectivity index (χ2v) is 6.98. The summed E-state index contributed by atoms with van der Waals surface area (Å²) in [5.74, 6) is 1.71. The van der Waals surface area contributed by atoms with Gasteiger partial charge in [-0.2, -0.15) is 0 Å². The number of aliphatic hydroxyl groups is 1. The number of carbonyl (C=O) groups excluding carboxylic acids is 1. The van der Waals surface area contributed by atoms with Crippen LogP contribution in [0.4, 0.5) is 0 Å². The lowest BCUT2D eigenvalue weighted by atomic mass is 9.81. The van der Waals surface area contributed by atoms with E-state index in [2.05, 4.69) is 0 Å². The Labute approximate surface area is 155 Å². The van der Waals surface area contributed by atoms with Crippen molar-refractivity contribution in [2.24, 2.45) is 5.92 Å². The molecule has 0 bridgehead atoms. The number of rotatable bonds is 4. The molecule has 0 aromatic heterocycles. The molecule has 3 aliphatic rings. The third-order valence-electron chi connectivity index (χ3n) is 5.27. The van der Waals surface area contributed by atoms with E-state index in [1.54, 1.807) is 12.1 Å². The maximum Gasteiger partial charge on any atom is 0.338 e. The Morgan fingerprint density at radius 2 is 1.44 bits per heavy atom. The minimum absolute atomic E-state index is 0.150. The summed E-state index contributed by atoms with van der Waals surface area (Å²) in [7, 11) is 0. The second-order valence-electron chi connectivity index (χ2n) is 6.98. The highest BCUT2D eigenvalue weighted by Gasteiger charge is 2.51. The molecule has 1 fully saturated rings. The average Bonchev–Trinajstić information content (AvgIpc) is 3.37. The van der Waals surface area contributed by atoms with Gasteiger partial charge in [0.15, 0.2) is 28.6 Å². The maximum atomic E-state index is 12.3. The second kappa shape index (κ2) is 6.06. The Morgan fingerprint density at radius 1 is 0.852 bits per heavy atom. The molecule has 27 heavy (non-hydrogen) atoms. The van der Waals surface area contributed by atoms with Gasteiger partial charge in [-0.25, -0.2) is 4.79 Å². The Morgan fingerprint density at radius 3 is 2.15 bits per heavy atom. The Kier molecular flexibility index (Phi) is 3.65. The number of carbonyl (C=O) groups is 1. The minimum Gasteiger partial charge on any atom is -0.463 e. The SMILES string of the molecule is O=C1OC[C@@H](Cc2ccc3c(c2)OCO3)[C@]1(O)Cc1ccc2c(c1)OCO2. The van der Waals surface area contributed by atoms with E-state index in [1.807, 2.05) is 24.3 Å². The molecule has 5 rings (SSSR count). The molecule has 0 amide bonds. The van der Waals surface area contributed by atoms with Crippen LogP contribution in [0.1, 0.15) is 11.1 Å². The van der Waals surface area contributed by atoms with Crippen LogP contribution in [-0.2, 0) is 22.4 Å². The van der Waals surface area contributed by atoms with Crippen molar-refractivity contribution in [3.05, 3.63) is 47.5 Å². The lowest BCUT2D eigenvalue weighted by molar-refractivity contribution is -0.154. The van der Waals surface area contributed by atoms with Crippen molar-refractivity contribution in [2.75, 3.05) is 20.2 Å². The molecule has 2 aromatic rings. The molecule has 0 radical (unpaired) electrons. The number of esters is 1. The van der Waals surface area contributed by atoms with Crippen molar-refractivity contribution in [3.8, 4) is 23.0 Å². The van der Waals surface area contributed by atoms with Crippen molar-refractivity contribution < 1.29 is 33.6 Å². The van der Waals surface area contributed by atoms with Gasteiger partial charge in [-0.1, -0.05) is 12.1 Å². The van der Waals surface area contributed by atoms with Crippen molar-refractivity contribution in [1.82, 2.24) is 0 Å². The van der Waals surface area contributed by atoms with E-state index in [1.165, 1.54) is 0 Å². The summed E-state index contributed by atoms with van der Waals surface area (Å²) >= 11 is 0. The van der Waals surface area contributed by atoms with E-state index in [4.69, 9.17) is 23.7 Å².